The lowest BCUT2D eigenvalue weighted by atomic mass is 10.3. The molecule has 0 saturated heterocycles. The normalized spacial score (nSPS) is 16.5. The standard InChI is InChI=1S/C8H17N3O3S/c1-5(15(3)14)4-10-6(2)7(12)11-8(9)13/h5-6,10H,4H2,1-3H3,(H3,9,11,12,13). The monoisotopic (exact) mass is 235 g/mol. The minimum Gasteiger partial charge on any atom is -0.351 e. The van der Waals surface area contributed by atoms with Crippen molar-refractivity contribution < 1.29 is 13.8 Å². The van der Waals surface area contributed by atoms with E-state index in [-0.39, 0.29) is 5.25 Å². The molecule has 0 spiro atoms. The molecule has 4 N–H and O–H groups in total. The third-order valence-electron chi connectivity index (χ3n) is 1.92. The van der Waals surface area contributed by atoms with Gasteiger partial charge in [0, 0.05) is 28.9 Å². The molecule has 0 fully saturated rings. The van der Waals surface area contributed by atoms with Crippen LogP contribution in [0.25, 0.3) is 0 Å². The average molecular weight is 235 g/mol. The zero-order valence-electron chi connectivity index (χ0n) is 9.07. The largest absolute Gasteiger partial charge is 0.351 e. The van der Waals surface area contributed by atoms with Crippen molar-refractivity contribution >= 4 is 22.7 Å². The quantitative estimate of drug-likeness (QED) is 0.564. The number of carbonyl (C=O) groups excluding carboxylic acids is 2. The van der Waals surface area contributed by atoms with Gasteiger partial charge >= 0.3 is 6.03 Å². The van der Waals surface area contributed by atoms with Gasteiger partial charge in [0.1, 0.15) is 0 Å². The van der Waals surface area contributed by atoms with Crippen LogP contribution >= 0.6 is 0 Å². The van der Waals surface area contributed by atoms with Crippen LogP contribution in [0, 0.1) is 0 Å². The molecule has 0 rings (SSSR count). The van der Waals surface area contributed by atoms with E-state index < -0.39 is 28.8 Å². The van der Waals surface area contributed by atoms with E-state index in [4.69, 9.17) is 5.73 Å². The van der Waals surface area contributed by atoms with Crippen LogP contribution in [0.3, 0.4) is 0 Å². The van der Waals surface area contributed by atoms with Gasteiger partial charge in [-0.15, -0.1) is 0 Å². The summed E-state index contributed by atoms with van der Waals surface area (Å²) < 4.78 is 11.0. The first-order chi connectivity index (χ1) is 6.84. The van der Waals surface area contributed by atoms with Crippen molar-refractivity contribution in [3.63, 3.8) is 0 Å². The Bertz CT molecular complexity index is 270. The number of amides is 3. The van der Waals surface area contributed by atoms with Crippen molar-refractivity contribution in [1.29, 1.82) is 0 Å². The van der Waals surface area contributed by atoms with Crippen molar-refractivity contribution in [3.05, 3.63) is 0 Å². The van der Waals surface area contributed by atoms with Crippen LogP contribution in [-0.4, -0.2) is 40.2 Å². The Morgan fingerprint density at radius 3 is 2.33 bits per heavy atom. The molecule has 88 valence electrons. The van der Waals surface area contributed by atoms with E-state index in [0.717, 1.165) is 0 Å². The number of urea groups is 1. The second-order valence-corrected chi connectivity index (χ2v) is 5.09. The predicted octanol–water partition coefficient (Wildman–Crippen LogP) is -1.07. The fourth-order valence-corrected chi connectivity index (χ4v) is 1.11. The fraction of sp³-hybridized carbons (Fsp3) is 0.750. The Labute approximate surface area is 91.4 Å². The highest BCUT2D eigenvalue weighted by Crippen LogP contribution is 1.91. The van der Waals surface area contributed by atoms with Crippen LogP contribution in [0.1, 0.15) is 13.8 Å². The third-order valence-corrected chi connectivity index (χ3v) is 3.22. The van der Waals surface area contributed by atoms with Crippen molar-refractivity contribution in [2.75, 3.05) is 12.8 Å². The molecule has 7 heteroatoms. The Kier molecular flexibility index (Phi) is 6.11. The highest BCUT2D eigenvalue weighted by molar-refractivity contribution is 7.84. The molecule has 0 aromatic carbocycles. The smallest absolute Gasteiger partial charge is 0.318 e. The van der Waals surface area contributed by atoms with E-state index >= 15 is 0 Å². The van der Waals surface area contributed by atoms with E-state index in [1.165, 1.54) is 0 Å². The van der Waals surface area contributed by atoms with Crippen molar-refractivity contribution in [3.8, 4) is 0 Å². The lowest BCUT2D eigenvalue weighted by molar-refractivity contribution is -0.121. The van der Waals surface area contributed by atoms with Gasteiger partial charge in [0.15, 0.2) is 0 Å². The topological polar surface area (TPSA) is 101 Å². The van der Waals surface area contributed by atoms with Crippen LogP contribution in [0.5, 0.6) is 0 Å². The van der Waals surface area contributed by atoms with Gasteiger partial charge in [-0.1, -0.05) is 0 Å². The van der Waals surface area contributed by atoms with Gasteiger partial charge in [0.25, 0.3) is 0 Å². The molecule has 3 unspecified atom stereocenters. The van der Waals surface area contributed by atoms with Gasteiger partial charge in [0.05, 0.1) is 6.04 Å². The van der Waals surface area contributed by atoms with Crippen molar-refractivity contribution in [1.82, 2.24) is 10.6 Å². The molecule has 3 amide bonds. The zero-order chi connectivity index (χ0) is 12.0. The molecule has 3 atom stereocenters. The minimum atomic E-state index is -0.937. The molecule has 0 saturated carbocycles. The average Bonchev–Trinajstić information content (AvgIpc) is 2.12. The minimum absolute atomic E-state index is 0.0474. The second kappa shape index (κ2) is 6.52. The van der Waals surface area contributed by atoms with E-state index in [9.17, 15) is 13.8 Å². The maximum Gasteiger partial charge on any atom is 0.318 e. The Balaban J connectivity index is 3.93. The number of primary amides is 1. The summed E-state index contributed by atoms with van der Waals surface area (Å²) in [7, 11) is -0.937. The fourth-order valence-electron chi connectivity index (χ4n) is 0.782. The Morgan fingerprint density at radius 2 is 1.93 bits per heavy atom. The number of hydrogen-bond donors (Lipinski definition) is 3. The van der Waals surface area contributed by atoms with Crippen LogP contribution in [0.15, 0.2) is 0 Å². The second-order valence-electron chi connectivity index (χ2n) is 3.29. The number of rotatable bonds is 5. The van der Waals surface area contributed by atoms with Gasteiger partial charge in [0.2, 0.25) is 5.91 Å². The lowest BCUT2D eigenvalue weighted by Gasteiger charge is -2.15. The van der Waals surface area contributed by atoms with Gasteiger partial charge in [-0.2, -0.15) is 0 Å². The maximum atomic E-state index is 11.2. The van der Waals surface area contributed by atoms with Gasteiger partial charge < -0.3 is 11.1 Å². The molecule has 0 bridgehead atoms. The first-order valence-electron chi connectivity index (χ1n) is 4.50. The summed E-state index contributed by atoms with van der Waals surface area (Å²) in [5.41, 5.74) is 4.79. The number of nitrogens with one attached hydrogen (secondary N) is 2. The molecule has 0 aromatic heterocycles. The van der Waals surface area contributed by atoms with E-state index in [0.29, 0.717) is 6.54 Å². The van der Waals surface area contributed by atoms with E-state index in [1.807, 2.05) is 12.2 Å². The molecule has 0 aliphatic carbocycles. The van der Waals surface area contributed by atoms with Gasteiger partial charge in [-0.3, -0.25) is 14.3 Å². The summed E-state index contributed by atoms with van der Waals surface area (Å²) in [5.74, 6) is -0.489. The first kappa shape index (κ1) is 14.1. The summed E-state index contributed by atoms with van der Waals surface area (Å²) in [6.45, 7) is 3.85. The summed E-state index contributed by atoms with van der Waals surface area (Å²) >= 11 is 0. The summed E-state index contributed by atoms with van der Waals surface area (Å²) in [5, 5.41) is 4.77. The van der Waals surface area contributed by atoms with Gasteiger partial charge in [-0.05, 0) is 13.8 Å². The van der Waals surface area contributed by atoms with Crippen molar-refractivity contribution in [2.45, 2.75) is 25.1 Å². The van der Waals surface area contributed by atoms with E-state index in [1.54, 1.807) is 13.2 Å². The molecule has 0 aromatic rings. The first-order valence-corrected chi connectivity index (χ1v) is 6.12. The SMILES string of the molecule is CC(NCC(C)S(C)=O)C(=O)NC(N)=O. The number of carbonyl (C=O) groups is 2. The summed E-state index contributed by atoms with van der Waals surface area (Å²) in [6.07, 6.45) is 1.60. The third kappa shape index (κ3) is 6.19. The van der Waals surface area contributed by atoms with Crippen LogP contribution < -0.4 is 16.4 Å². The van der Waals surface area contributed by atoms with Crippen LogP contribution in [-0.2, 0) is 15.6 Å². The Morgan fingerprint density at radius 1 is 1.40 bits per heavy atom. The highest BCUT2D eigenvalue weighted by atomic mass is 32.2. The molecule has 0 radical (unpaired) electrons. The molecule has 6 nitrogen and oxygen atoms in total. The molecule has 15 heavy (non-hydrogen) atoms. The number of imide groups is 1. The lowest BCUT2D eigenvalue weighted by Crippen LogP contribution is -2.48. The molecule has 0 aliphatic heterocycles. The van der Waals surface area contributed by atoms with Crippen molar-refractivity contribution in [2.24, 2.45) is 5.73 Å². The molecule has 0 aliphatic rings. The van der Waals surface area contributed by atoms with Gasteiger partial charge in [-0.25, -0.2) is 4.79 Å². The molecule has 0 heterocycles. The predicted molar refractivity (Wildman–Crippen MR) is 58.7 cm³/mol. The summed E-state index contributed by atoms with van der Waals surface area (Å²) in [4.78, 5) is 21.6. The van der Waals surface area contributed by atoms with Crippen LogP contribution in [0.4, 0.5) is 4.79 Å². The zero-order valence-corrected chi connectivity index (χ0v) is 9.89. The highest BCUT2D eigenvalue weighted by Gasteiger charge is 2.15. The molecular weight excluding hydrogens is 218 g/mol. The number of hydrogen-bond acceptors (Lipinski definition) is 4. The Hall–Kier alpha value is -0.950. The van der Waals surface area contributed by atoms with E-state index in [2.05, 4.69) is 5.32 Å². The summed E-state index contributed by atoms with van der Waals surface area (Å²) in [6, 6.07) is -1.41. The van der Waals surface area contributed by atoms with Crippen LogP contribution in [0.2, 0.25) is 0 Å². The molecular formula is C8H17N3O3S. The maximum absolute atomic E-state index is 11.2. The number of nitrogens with two attached hydrogens (primary N) is 1.